The molecule has 6 aromatic carbocycles. The third-order valence-electron chi connectivity index (χ3n) is 10.7. The molecule has 0 atom stereocenters. The van der Waals surface area contributed by atoms with Crippen molar-refractivity contribution < 1.29 is 152 Å². The number of hydrogen-bond donors (Lipinski definition) is 0. The van der Waals surface area contributed by atoms with Gasteiger partial charge in [0.2, 0.25) is 23.0 Å². The van der Waals surface area contributed by atoms with Crippen molar-refractivity contribution in [1.29, 1.82) is 0 Å². The number of ether oxygens (including phenoxy) is 18. The fourth-order valence-corrected chi connectivity index (χ4v) is 8.19. The predicted molar refractivity (Wildman–Crippen MR) is 316 cm³/mol. The molecule has 0 fully saturated rings. The summed E-state index contributed by atoms with van der Waals surface area (Å²) in [5, 5.41) is 0. The molecule has 0 radical (unpaired) electrons. The number of hydrogen-bond acceptors (Lipinski definition) is 32. The molecular formula is C64H54O32. The summed E-state index contributed by atoms with van der Waals surface area (Å²) in [4.78, 5) is 179. The number of esters is 14. The van der Waals surface area contributed by atoms with E-state index in [4.69, 9.17) is 85.3 Å². The van der Waals surface area contributed by atoms with Gasteiger partial charge in [-0.1, -0.05) is 0 Å². The minimum atomic E-state index is -1.23. The Hall–Kier alpha value is -12.9. The van der Waals surface area contributed by atoms with Crippen LogP contribution in [0, 0.1) is 0 Å². The van der Waals surface area contributed by atoms with Crippen molar-refractivity contribution in [2.75, 3.05) is 0 Å². The van der Waals surface area contributed by atoms with E-state index in [9.17, 15) is 67.1 Å². The van der Waals surface area contributed by atoms with E-state index in [0.717, 1.165) is 164 Å². The van der Waals surface area contributed by atoms with Gasteiger partial charge in [0.05, 0.1) is 11.1 Å². The third kappa shape index (κ3) is 20.6. The van der Waals surface area contributed by atoms with Crippen molar-refractivity contribution in [3.05, 3.63) is 72.8 Å². The first-order chi connectivity index (χ1) is 45.0. The molecule has 502 valence electrons. The molecule has 0 aromatic heterocycles. The van der Waals surface area contributed by atoms with E-state index in [2.05, 4.69) is 0 Å². The van der Waals surface area contributed by atoms with Crippen LogP contribution in [0.3, 0.4) is 0 Å². The maximum Gasteiger partial charge on any atom is 0.308 e. The molecule has 0 unspecified atom stereocenters. The molecule has 32 heteroatoms. The Morgan fingerprint density at radius 1 is 0.167 bits per heavy atom. The molecule has 0 aliphatic carbocycles. The van der Waals surface area contributed by atoms with Crippen molar-refractivity contribution in [2.24, 2.45) is 0 Å². The Bertz CT molecular complexity index is 4100. The highest BCUT2D eigenvalue weighted by atomic mass is 16.6. The number of rotatable bonds is 23. The normalized spacial score (nSPS) is 10.4. The smallest absolute Gasteiger partial charge is 0.308 e. The summed E-state index contributed by atoms with van der Waals surface area (Å²) in [6, 6.07) is 11.8. The fraction of sp³-hybridized carbons (Fsp3) is 0.219. The number of carbonyl (C=O) groups excluding carboxylic acids is 14. The van der Waals surface area contributed by atoms with Gasteiger partial charge in [-0.25, -0.2) is 0 Å². The van der Waals surface area contributed by atoms with Gasteiger partial charge in [-0.05, 0) is 0 Å². The van der Waals surface area contributed by atoms with Crippen LogP contribution in [-0.4, -0.2) is 83.6 Å². The Morgan fingerprint density at radius 2 is 0.365 bits per heavy atom. The summed E-state index contributed by atoms with van der Waals surface area (Å²) < 4.78 is 102. The van der Waals surface area contributed by atoms with Crippen molar-refractivity contribution in [3.63, 3.8) is 0 Å². The minimum Gasteiger partial charge on any atom is -0.449 e. The minimum absolute atomic E-state index is 0.201. The molecule has 0 aliphatic rings. The summed E-state index contributed by atoms with van der Waals surface area (Å²) in [5.41, 5.74) is -1.29. The van der Waals surface area contributed by atoms with E-state index in [1.54, 1.807) is 0 Å². The van der Waals surface area contributed by atoms with E-state index in [1.807, 2.05) is 0 Å². The van der Waals surface area contributed by atoms with Crippen molar-refractivity contribution in [3.8, 4) is 138 Å². The molecular weight excluding hydrogens is 1280 g/mol. The average molecular weight is 1340 g/mol. The summed E-state index contributed by atoms with van der Waals surface area (Å²) in [6.45, 7) is 13.4. The van der Waals surface area contributed by atoms with Crippen molar-refractivity contribution >= 4 is 83.6 Å². The van der Waals surface area contributed by atoms with Crippen molar-refractivity contribution in [1.82, 2.24) is 0 Å². The largest absolute Gasteiger partial charge is 0.449 e. The van der Waals surface area contributed by atoms with E-state index in [-0.39, 0.29) is 17.2 Å². The van der Waals surface area contributed by atoms with Crippen LogP contribution in [0.25, 0.3) is 11.1 Å². The highest BCUT2D eigenvalue weighted by molar-refractivity contribution is 5.96. The zero-order valence-electron chi connectivity index (χ0n) is 53.0. The van der Waals surface area contributed by atoms with Crippen LogP contribution in [0.4, 0.5) is 0 Å². The highest BCUT2D eigenvalue weighted by Crippen LogP contribution is 2.59. The molecule has 6 rings (SSSR count). The first-order valence-corrected chi connectivity index (χ1v) is 27.4. The second-order valence-electron chi connectivity index (χ2n) is 19.3. The molecule has 32 nitrogen and oxygen atoms in total. The van der Waals surface area contributed by atoms with Gasteiger partial charge in [0.15, 0.2) is 46.0 Å². The van der Waals surface area contributed by atoms with Gasteiger partial charge >= 0.3 is 83.6 Å². The quantitative estimate of drug-likeness (QED) is 0.0425. The predicted octanol–water partition coefficient (Wildman–Crippen LogP) is 9.48. The van der Waals surface area contributed by atoms with E-state index < -0.39 is 204 Å². The number of carbonyl (C=O) groups is 14. The molecule has 0 saturated carbocycles. The lowest BCUT2D eigenvalue weighted by atomic mass is 9.99. The van der Waals surface area contributed by atoms with Crippen LogP contribution in [-0.2, 0) is 67.1 Å². The van der Waals surface area contributed by atoms with Crippen LogP contribution in [0.2, 0.25) is 0 Å². The Morgan fingerprint density at radius 3 is 0.656 bits per heavy atom. The van der Waals surface area contributed by atoms with E-state index in [1.165, 1.54) is 6.07 Å². The maximum absolute atomic E-state index is 13.4. The summed E-state index contributed by atoms with van der Waals surface area (Å²) in [6.07, 6.45) is 0. The van der Waals surface area contributed by atoms with Gasteiger partial charge in [-0.3, -0.25) is 67.1 Å². The second-order valence-corrected chi connectivity index (χ2v) is 19.3. The summed E-state index contributed by atoms with van der Waals surface area (Å²) in [7, 11) is 0. The Balaban J connectivity index is 1.70. The standard InChI is InChI=1S/C64H54O32/c1-27(65)79-41-15-42(80-28(2)66)17-43(16-41)93-60-52(87-35(9)73)22-46(23-53(60)88-36(10)74)94-61-54(89-37(11)75)24-47(25-55(61)90-38(12)76)95-62-51(86-34(8)72)20-45(82-30(4)68)21-56(62)96-63-57(91-39(13)77)26-50(85-33(7)71)59(64(63)92-40(14)78)58-48(83-31(5)69)18-44(81-29(3)67)19-49(58)84-32(6)70/h15-26H,1-14H3. The van der Waals surface area contributed by atoms with Gasteiger partial charge in [0.1, 0.15) is 57.5 Å². The Labute approximate surface area is 541 Å². The van der Waals surface area contributed by atoms with Crippen molar-refractivity contribution in [2.45, 2.75) is 96.9 Å². The third-order valence-corrected chi connectivity index (χ3v) is 10.7. The molecule has 0 aliphatic heterocycles. The molecule has 0 N–H and O–H groups in total. The molecule has 0 spiro atoms. The molecule has 0 heterocycles. The molecule has 0 bridgehead atoms. The average Bonchev–Trinajstić information content (AvgIpc) is 0.808. The van der Waals surface area contributed by atoms with Crippen LogP contribution < -0.4 is 85.3 Å². The Kier molecular flexibility index (Phi) is 23.6. The lowest BCUT2D eigenvalue weighted by Gasteiger charge is -2.24. The van der Waals surface area contributed by atoms with Gasteiger partial charge in [-0.15, -0.1) is 0 Å². The lowest BCUT2D eigenvalue weighted by Crippen LogP contribution is -2.13. The fourth-order valence-electron chi connectivity index (χ4n) is 8.19. The highest BCUT2D eigenvalue weighted by Gasteiger charge is 2.35. The number of benzene rings is 6. The molecule has 6 aromatic rings. The topological polar surface area (TPSA) is 405 Å². The summed E-state index contributed by atoms with van der Waals surface area (Å²) >= 11 is 0. The van der Waals surface area contributed by atoms with Crippen LogP contribution >= 0.6 is 0 Å². The van der Waals surface area contributed by atoms with Crippen LogP contribution in [0.1, 0.15) is 96.9 Å². The summed E-state index contributed by atoms with van der Waals surface area (Å²) in [5.74, 6) is -27.8. The van der Waals surface area contributed by atoms with Gasteiger partial charge in [-0.2, -0.15) is 0 Å². The van der Waals surface area contributed by atoms with Gasteiger partial charge < -0.3 is 85.3 Å². The first kappa shape index (κ1) is 72.2. The van der Waals surface area contributed by atoms with Gasteiger partial charge in [0, 0.05) is 170 Å². The first-order valence-electron chi connectivity index (χ1n) is 27.4. The maximum atomic E-state index is 13.4. The zero-order chi connectivity index (χ0) is 71.2. The van der Waals surface area contributed by atoms with Crippen LogP contribution in [0.5, 0.6) is 126 Å². The van der Waals surface area contributed by atoms with Crippen LogP contribution in [0.15, 0.2) is 72.8 Å². The SMILES string of the molecule is CC(=O)Oc1cc(OC(C)=O)cc(Oc2c(OC(C)=O)cc(Oc3c(OC(C)=O)cc(Oc4c(OC(C)=O)cc(OC(C)=O)cc4Oc4c(OC(C)=O)cc(OC(C)=O)c(-c5c(OC(C)=O)cc(OC(C)=O)cc5OC(C)=O)c4OC(C)=O)cc3OC(C)=O)cc2OC(C)=O)c1. The molecule has 96 heavy (non-hydrogen) atoms. The zero-order valence-corrected chi connectivity index (χ0v) is 53.0. The second kappa shape index (κ2) is 31.4. The molecule has 0 saturated heterocycles. The van der Waals surface area contributed by atoms with E-state index in [0.29, 0.717) is 0 Å². The monoisotopic (exact) mass is 1330 g/mol. The van der Waals surface area contributed by atoms with E-state index >= 15 is 0 Å². The molecule has 0 amide bonds. The van der Waals surface area contributed by atoms with Gasteiger partial charge in [0.25, 0.3) is 0 Å². The lowest BCUT2D eigenvalue weighted by molar-refractivity contribution is -0.134.